The molecule has 0 aliphatic heterocycles. The molecule has 1 heterocycles. The maximum atomic E-state index is 12.2. The van der Waals surface area contributed by atoms with E-state index in [1.807, 2.05) is 29.2 Å². The van der Waals surface area contributed by atoms with Gasteiger partial charge in [-0.2, -0.15) is 0 Å². The average molecular weight is 348 g/mol. The van der Waals surface area contributed by atoms with E-state index in [1.54, 1.807) is 7.05 Å². The van der Waals surface area contributed by atoms with Crippen molar-refractivity contribution < 1.29 is 14.7 Å². The lowest BCUT2D eigenvalue weighted by molar-refractivity contribution is -0.137. The van der Waals surface area contributed by atoms with Crippen LogP contribution in [0.15, 0.2) is 24.3 Å². The first-order valence-corrected chi connectivity index (χ1v) is 8.42. The molecule has 1 aromatic heterocycles. The Bertz CT molecular complexity index is 700. The maximum Gasteiger partial charge on any atom is 0.304 e. The number of aryl methyl sites for hydroxylation is 1. The van der Waals surface area contributed by atoms with Gasteiger partial charge in [-0.1, -0.05) is 30.4 Å². The van der Waals surface area contributed by atoms with E-state index in [-0.39, 0.29) is 17.3 Å². The summed E-state index contributed by atoms with van der Waals surface area (Å²) in [6.45, 7) is 2.95. The number of carbonyl (C=O) groups is 2. The minimum Gasteiger partial charge on any atom is -0.481 e. The van der Waals surface area contributed by atoms with E-state index >= 15 is 0 Å². The van der Waals surface area contributed by atoms with Crippen molar-refractivity contribution in [2.75, 3.05) is 18.9 Å². The van der Waals surface area contributed by atoms with Crippen LogP contribution in [0.3, 0.4) is 0 Å². The van der Waals surface area contributed by atoms with E-state index in [2.05, 4.69) is 22.4 Å². The highest BCUT2D eigenvalue weighted by Gasteiger charge is 2.14. The number of nitrogens with zero attached hydrogens (tertiary/aromatic N) is 3. The molecule has 0 saturated heterocycles. The van der Waals surface area contributed by atoms with Crippen molar-refractivity contribution >= 4 is 28.9 Å². The lowest BCUT2D eigenvalue weighted by Crippen LogP contribution is -2.21. The largest absolute Gasteiger partial charge is 0.481 e. The Morgan fingerprint density at radius 1 is 1.25 bits per heavy atom. The van der Waals surface area contributed by atoms with Gasteiger partial charge < -0.3 is 10.4 Å². The molecule has 1 amide bonds. The van der Waals surface area contributed by atoms with Gasteiger partial charge in [0.2, 0.25) is 5.01 Å². The van der Waals surface area contributed by atoms with Crippen molar-refractivity contribution in [1.29, 1.82) is 0 Å². The number of benzene rings is 1. The first-order chi connectivity index (χ1) is 11.5. The SMILES string of the molecule is CCc1ccc(NC(=O)c2nnc(CN(C)CCC(=O)O)s2)cc1. The summed E-state index contributed by atoms with van der Waals surface area (Å²) in [6.07, 6.45) is 1.01. The third kappa shape index (κ3) is 5.39. The van der Waals surface area contributed by atoms with E-state index < -0.39 is 5.97 Å². The first kappa shape index (κ1) is 18.0. The Morgan fingerprint density at radius 2 is 1.96 bits per heavy atom. The molecule has 0 fully saturated rings. The Balaban J connectivity index is 1.91. The highest BCUT2D eigenvalue weighted by Crippen LogP contribution is 2.15. The second-order valence-corrected chi connectivity index (χ2v) is 6.45. The summed E-state index contributed by atoms with van der Waals surface area (Å²) in [4.78, 5) is 24.6. The molecule has 2 aromatic rings. The standard InChI is InChI=1S/C16H20N4O3S/c1-3-11-4-6-12(7-5-11)17-15(23)16-19-18-13(24-16)10-20(2)9-8-14(21)22/h4-7H,3,8-10H2,1-2H3,(H,17,23)(H,21,22). The number of aliphatic carboxylic acids is 1. The number of carboxylic acid groups (broad SMARTS) is 1. The van der Waals surface area contributed by atoms with Crippen LogP contribution < -0.4 is 5.32 Å². The highest BCUT2D eigenvalue weighted by molar-refractivity contribution is 7.13. The van der Waals surface area contributed by atoms with E-state index in [0.717, 1.165) is 6.42 Å². The van der Waals surface area contributed by atoms with Gasteiger partial charge >= 0.3 is 5.97 Å². The molecule has 0 aliphatic rings. The summed E-state index contributed by atoms with van der Waals surface area (Å²) in [6, 6.07) is 7.66. The second-order valence-electron chi connectivity index (χ2n) is 5.39. The lowest BCUT2D eigenvalue weighted by Gasteiger charge is -2.12. The Labute approximate surface area is 144 Å². The summed E-state index contributed by atoms with van der Waals surface area (Å²) < 4.78 is 0. The Morgan fingerprint density at radius 3 is 2.58 bits per heavy atom. The molecule has 7 nitrogen and oxygen atoms in total. The van der Waals surface area contributed by atoms with E-state index in [9.17, 15) is 9.59 Å². The van der Waals surface area contributed by atoms with Gasteiger partial charge in [0.25, 0.3) is 5.91 Å². The number of carbonyl (C=O) groups excluding carboxylic acids is 1. The van der Waals surface area contributed by atoms with Crippen molar-refractivity contribution in [2.45, 2.75) is 26.3 Å². The molecule has 0 aliphatic carbocycles. The molecule has 2 rings (SSSR count). The van der Waals surface area contributed by atoms with E-state index in [0.29, 0.717) is 23.8 Å². The third-order valence-electron chi connectivity index (χ3n) is 3.39. The van der Waals surface area contributed by atoms with Crippen LogP contribution in [0.25, 0.3) is 0 Å². The summed E-state index contributed by atoms with van der Waals surface area (Å²) in [5, 5.41) is 20.3. The predicted molar refractivity (Wildman–Crippen MR) is 92.3 cm³/mol. The molecule has 128 valence electrons. The topological polar surface area (TPSA) is 95.4 Å². The van der Waals surface area contributed by atoms with Gasteiger partial charge in [0.05, 0.1) is 13.0 Å². The van der Waals surface area contributed by atoms with Crippen LogP contribution in [0.2, 0.25) is 0 Å². The van der Waals surface area contributed by atoms with E-state index in [4.69, 9.17) is 5.11 Å². The number of nitrogens with one attached hydrogen (secondary N) is 1. The summed E-state index contributed by atoms with van der Waals surface area (Å²) in [5.74, 6) is -1.13. The number of aromatic nitrogens is 2. The number of hydrogen-bond acceptors (Lipinski definition) is 6. The monoisotopic (exact) mass is 348 g/mol. The quantitative estimate of drug-likeness (QED) is 0.760. The summed E-state index contributed by atoms with van der Waals surface area (Å²) in [7, 11) is 1.80. The molecule has 0 bridgehead atoms. The highest BCUT2D eigenvalue weighted by atomic mass is 32.1. The summed E-state index contributed by atoms with van der Waals surface area (Å²) >= 11 is 1.21. The van der Waals surface area contributed by atoms with Gasteiger partial charge in [0.15, 0.2) is 0 Å². The van der Waals surface area contributed by atoms with Crippen LogP contribution in [-0.2, 0) is 17.8 Å². The van der Waals surface area contributed by atoms with Crippen molar-refractivity contribution in [3.05, 3.63) is 39.8 Å². The number of rotatable bonds is 8. The lowest BCUT2D eigenvalue weighted by atomic mass is 10.1. The van der Waals surface area contributed by atoms with Gasteiger partial charge in [-0.15, -0.1) is 10.2 Å². The van der Waals surface area contributed by atoms with Gasteiger partial charge in [0.1, 0.15) is 5.01 Å². The maximum absolute atomic E-state index is 12.2. The van der Waals surface area contributed by atoms with Crippen LogP contribution in [0.5, 0.6) is 0 Å². The molecule has 2 N–H and O–H groups in total. The van der Waals surface area contributed by atoms with Crippen LogP contribution in [-0.4, -0.2) is 45.7 Å². The molecule has 0 radical (unpaired) electrons. The molecule has 8 heteroatoms. The second kappa shape index (κ2) is 8.51. The van der Waals surface area contributed by atoms with Crippen LogP contribution in [0.4, 0.5) is 5.69 Å². The number of hydrogen-bond donors (Lipinski definition) is 2. The minimum atomic E-state index is -0.840. The molecule has 0 atom stereocenters. The molecule has 0 unspecified atom stereocenters. The normalized spacial score (nSPS) is 10.8. The van der Waals surface area contributed by atoms with Gasteiger partial charge in [-0.3, -0.25) is 14.5 Å². The third-order valence-corrected chi connectivity index (χ3v) is 4.30. The fourth-order valence-corrected chi connectivity index (χ4v) is 2.83. The van der Waals surface area contributed by atoms with E-state index in [1.165, 1.54) is 16.9 Å². The van der Waals surface area contributed by atoms with Crippen molar-refractivity contribution in [2.24, 2.45) is 0 Å². The number of carboxylic acids is 1. The van der Waals surface area contributed by atoms with Gasteiger partial charge in [0, 0.05) is 12.2 Å². The van der Waals surface area contributed by atoms with Crippen molar-refractivity contribution in [3.63, 3.8) is 0 Å². The predicted octanol–water partition coefficient (Wildman–Crippen LogP) is 2.26. The Hall–Kier alpha value is -2.32. The zero-order valence-corrected chi connectivity index (χ0v) is 14.5. The zero-order valence-electron chi connectivity index (χ0n) is 13.7. The number of amides is 1. The Kier molecular flexibility index (Phi) is 6.39. The fraction of sp³-hybridized carbons (Fsp3) is 0.375. The minimum absolute atomic E-state index is 0.0659. The molecule has 1 aromatic carbocycles. The van der Waals surface area contributed by atoms with Crippen LogP contribution in [0.1, 0.15) is 33.7 Å². The molecule has 0 spiro atoms. The van der Waals surface area contributed by atoms with Crippen molar-refractivity contribution in [1.82, 2.24) is 15.1 Å². The molecule has 0 saturated carbocycles. The fourth-order valence-electron chi connectivity index (χ4n) is 2.01. The molecular weight excluding hydrogens is 328 g/mol. The zero-order chi connectivity index (χ0) is 17.5. The first-order valence-electron chi connectivity index (χ1n) is 7.61. The average Bonchev–Trinajstić information content (AvgIpc) is 3.02. The van der Waals surface area contributed by atoms with Crippen LogP contribution in [0, 0.1) is 0 Å². The van der Waals surface area contributed by atoms with Gasteiger partial charge in [-0.05, 0) is 31.2 Å². The van der Waals surface area contributed by atoms with Crippen molar-refractivity contribution in [3.8, 4) is 0 Å². The van der Waals surface area contributed by atoms with Crippen LogP contribution >= 0.6 is 11.3 Å². The van der Waals surface area contributed by atoms with Gasteiger partial charge in [-0.25, -0.2) is 0 Å². The summed E-state index contributed by atoms with van der Waals surface area (Å²) in [5.41, 5.74) is 1.92. The smallest absolute Gasteiger partial charge is 0.304 e. The number of anilines is 1. The molecule has 24 heavy (non-hydrogen) atoms. The molecular formula is C16H20N4O3S.